The molecule has 5 rings (SSSR count). The number of ether oxygens (including phenoxy) is 4. The Balaban J connectivity index is 1.72. The lowest BCUT2D eigenvalue weighted by Gasteiger charge is -2.25. The van der Waals surface area contributed by atoms with Gasteiger partial charge in [0.1, 0.15) is 11.3 Å². The number of hydrogen-bond acceptors (Lipinski definition) is 9. The maximum atomic E-state index is 16.8. The van der Waals surface area contributed by atoms with Crippen molar-refractivity contribution in [2.45, 2.75) is 32.9 Å². The molecule has 3 aromatic carbocycles. The number of pyridine rings is 1. The Labute approximate surface area is 272 Å². The van der Waals surface area contributed by atoms with Crippen molar-refractivity contribution in [3.05, 3.63) is 94.0 Å². The van der Waals surface area contributed by atoms with Gasteiger partial charge in [0, 0.05) is 45.9 Å². The normalized spacial score (nSPS) is 14.3. The van der Waals surface area contributed by atoms with Gasteiger partial charge in [0.15, 0.2) is 12.6 Å². The molecule has 47 heavy (non-hydrogen) atoms. The molecule has 0 spiro atoms. The fourth-order valence-electron chi connectivity index (χ4n) is 5.65. The summed E-state index contributed by atoms with van der Waals surface area (Å²) in [5.41, 5.74) is 0.972. The van der Waals surface area contributed by atoms with Crippen LogP contribution in [-0.4, -0.2) is 69.3 Å². The van der Waals surface area contributed by atoms with E-state index in [2.05, 4.69) is 10.6 Å². The van der Waals surface area contributed by atoms with Crippen molar-refractivity contribution in [1.82, 2.24) is 9.88 Å². The molecular formula is C35H39FN4O7. The Kier molecular flexibility index (Phi) is 11.1. The van der Waals surface area contributed by atoms with Crippen LogP contribution in [0.15, 0.2) is 71.7 Å². The van der Waals surface area contributed by atoms with Crippen LogP contribution in [0.3, 0.4) is 0 Å². The molecule has 1 saturated heterocycles. The number of nitrogens with one attached hydrogen (secondary N) is 2. The van der Waals surface area contributed by atoms with E-state index in [1.165, 1.54) is 13.1 Å². The minimum absolute atomic E-state index is 0.0171. The highest BCUT2D eigenvalue weighted by atomic mass is 19.1. The highest BCUT2D eigenvalue weighted by Crippen LogP contribution is 2.37. The SMILES string of the molecule is CCOC(=O)c1cn(-c2ccccc2OCOCCOC)c2cc(N3CCC(NC(C)=O)C3)c(F)c(NCc3ccccc3)c2c1=O. The Morgan fingerprint density at radius 3 is 2.55 bits per heavy atom. The summed E-state index contributed by atoms with van der Waals surface area (Å²) >= 11 is 0. The smallest absolute Gasteiger partial charge is 0.343 e. The van der Waals surface area contributed by atoms with E-state index in [9.17, 15) is 14.4 Å². The fraction of sp³-hybridized carbons (Fsp3) is 0.343. The van der Waals surface area contributed by atoms with E-state index >= 15 is 4.39 Å². The van der Waals surface area contributed by atoms with Gasteiger partial charge in [-0.15, -0.1) is 0 Å². The van der Waals surface area contributed by atoms with E-state index in [0.29, 0.717) is 49.7 Å². The molecule has 1 aromatic heterocycles. The van der Waals surface area contributed by atoms with Crippen molar-refractivity contribution in [3.8, 4) is 11.4 Å². The molecule has 1 amide bonds. The number of para-hydroxylation sites is 2. The first-order chi connectivity index (χ1) is 22.8. The number of anilines is 2. The van der Waals surface area contributed by atoms with Crippen LogP contribution >= 0.6 is 0 Å². The van der Waals surface area contributed by atoms with E-state index in [-0.39, 0.29) is 54.2 Å². The number of carbonyl (C=O) groups is 2. The van der Waals surface area contributed by atoms with E-state index in [4.69, 9.17) is 18.9 Å². The van der Waals surface area contributed by atoms with E-state index < -0.39 is 17.2 Å². The number of aromatic nitrogens is 1. The average molecular weight is 647 g/mol. The monoisotopic (exact) mass is 646 g/mol. The number of methoxy groups -OCH3 is 1. The quantitative estimate of drug-likeness (QED) is 0.115. The second-order valence-electron chi connectivity index (χ2n) is 11.0. The zero-order chi connectivity index (χ0) is 33.3. The number of rotatable bonds is 14. The van der Waals surface area contributed by atoms with Crippen molar-refractivity contribution >= 4 is 34.2 Å². The number of benzene rings is 3. The Bertz CT molecular complexity index is 1780. The molecule has 2 heterocycles. The zero-order valence-corrected chi connectivity index (χ0v) is 26.7. The number of halogens is 1. The Morgan fingerprint density at radius 2 is 1.81 bits per heavy atom. The van der Waals surface area contributed by atoms with Gasteiger partial charge in [-0.05, 0) is 37.1 Å². The van der Waals surface area contributed by atoms with Crippen LogP contribution in [0, 0.1) is 5.82 Å². The third kappa shape index (κ3) is 7.72. The van der Waals surface area contributed by atoms with Gasteiger partial charge in [0.05, 0.1) is 47.8 Å². The molecule has 1 aliphatic heterocycles. The van der Waals surface area contributed by atoms with Gasteiger partial charge in [0.2, 0.25) is 11.3 Å². The highest BCUT2D eigenvalue weighted by molar-refractivity contribution is 6.01. The average Bonchev–Trinajstić information content (AvgIpc) is 3.52. The Morgan fingerprint density at radius 1 is 1.04 bits per heavy atom. The maximum absolute atomic E-state index is 16.8. The molecule has 2 N–H and O–H groups in total. The fourth-order valence-corrected chi connectivity index (χ4v) is 5.65. The number of amides is 1. The number of esters is 1. The topological polar surface area (TPSA) is 120 Å². The van der Waals surface area contributed by atoms with Crippen molar-refractivity contribution in [2.24, 2.45) is 0 Å². The van der Waals surface area contributed by atoms with Gasteiger partial charge in [-0.2, -0.15) is 0 Å². The lowest BCUT2D eigenvalue weighted by Crippen LogP contribution is -2.35. The lowest BCUT2D eigenvalue weighted by molar-refractivity contribution is -0.119. The molecule has 248 valence electrons. The van der Waals surface area contributed by atoms with Crippen molar-refractivity contribution in [3.63, 3.8) is 0 Å². The highest BCUT2D eigenvalue weighted by Gasteiger charge is 2.30. The van der Waals surface area contributed by atoms with E-state index in [0.717, 1.165) is 5.56 Å². The molecule has 0 aliphatic carbocycles. The predicted octanol–water partition coefficient (Wildman–Crippen LogP) is 4.63. The third-order valence-electron chi connectivity index (χ3n) is 7.81. The minimum atomic E-state index is -0.828. The molecule has 1 aliphatic rings. The Hall–Kier alpha value is -4.94. The van der Waals surface area contributed by atoms with Crippen LogP contribution in [-0.2, 0) is 25.5 Å². The summed E-state index contributed by atoms with van der Waals surface area (Å²) in [6.07, 6.45) is 2.03. The number of nitrogens with zero attached hydrogens (tertiary/aromatic N) is 2. The number of carbonyl (C=O) groups excluding carboxylic acids is 2. The summed E-state index contributed by atoms with van der Waals surface area (Å²) < 4.78 is 40.2. The maximum Gasteiger partial charge on any atom is 0.343 e. The second kappa shape index (κ2) is 15.6. The van der Waals surface area contributed by atoms with Crippen LogP contribution in [0.2, 0.25) is 0 Å². The predicted molar refractivity (Wildman–Crippen MR) is 177 cm³/mol. The third-order valence-corrected chi connectivity index (χ3v) is 7.81. The molecule has 4 aromatic rings. The van der Waals surface area contributed by atoms with Gasteiger partial charge in [-0.1, -0.05) is 42.5 Å². The summed E-state index contributed by atoms with van der Waals surface area (Å²) in [4.78, 5) is 40.9. The van der Waals surface area contributed by atoms with Crippen LogP contribution in [0.4, 0.5) is 15.8 Å². The molecule has 1 unspecified atom stereocenters. The van der Waals surface area contributed by atoms with E-state index in [1.807, 2.05) is 35.2 Å². The van der Waals surface area contributed by atoms with Gasteiger partial charge in [-0.3, -0.25) is 9.59 Å². The molecule has 1 fully saturated rings. The lowest BCUT2D eigenvalue weighted by atomic mass is 10.1. The molecule has 0 radical (unpaired) electrons. The van der Waals surface area contributed by atoms with Gasteiger partial charge >= 0.3 is 5.97 Å². The minimum Gasteiger partial charge on any atom is -0.465 e. The molecular weight excluding hydrogens is 607 g/mol. The summed E-state index contributed by atoms with van der Waals surface area (Å²) in [5, 5.41) is 6.06. The van der Waals surface area contributed by atoms with Crippen LogP contribution in [0.5, 0.6) is 5.75 Å². The molecule has 0 bridgehead atoms. The first-order valence-electron chi connectivity index (χ1n) is 15.5. The second-order valence-corrected chi connectivity index (χ2v) is 11.0. The van der Waals surface area contributed by atoms with Gasteiger partial charge < -0.3 is 39.0 Å². The van der Waals surface area contributed by atoms with Gasteiger partial charge in [0.25, 0.3) is 0 Å². The molecule has 11 nitrogen and oxygen atoms in total. The van der Waals surface area contributed by atoms with Crippen LogP contribution in [0.25, 0.3) is 16.6 Å². The van der Waals surface area contributed by atoms with Crippen LogP contribution < -0.4 is 25.7 Å². The van der Waals surface area contributed by atoms with Gasteiger partial charge in [-0.25, -0.2) is 9.18 Å². The van der Waals surface area contributed by atoms with Crippen molar-refractivity contribution in [2.75, 3.05) is 57.0 Å². The molecule has 0 saturated carbocycles. The van der Waals surface area contributed by atoms with E-state index in [1.54, 1.807) is 48.9 Å². The summed E-state index contributed by atoms with van der Waals surface area (Å²) in [5.74, 6) is -1.23. The molecule has 1 atom stereocenters. The van der Waals surface area contributed by atoms with Crippen LogP contribution in [0.1, 0.15) is 36.2 Å². The first kappa shape index (κ1) is 33.4. The molecule has 12 heteroatoms. The number of fused-ring (bicyclic) bond motifs is 1. The van der Waals surface area contributed by atoms with Crippen molar-refractivity contribution < 1.29 is 32.9 Å². The van der Waals surface area contributed by atoms with Crippen molar-refractivity contribution in [1.29, 1.82) is 0 Å². The standard InChI is InChI=1S/C35H39FN4O7/c1-4-46-35(43)26-21-40(27-12-8-9-13-30(27)47-22-45-17-16-44-3)28-18-29(39-15-14-25(20-39)38-23(2)41)32(36)33(31(28)34(26)42)37-19-24-10-6-5-7-11-24/h5-13,18,21,25,37H,4,14-17,19-20,22H2,1-3H3,(H,38,41). The zero-order valence-electron chi connectivity index (χ0n) is 26.7. The summed E-state index contributed by atoms with van der Waals surface area (Å²) in [7, 11) is 1.57. The number of hydrogen-bond donors (Lipinski definition) is 2. The largest absolute Gasteiger partial charge is 0.465 e. The first-order valence-corrected chi connectivity index (χ1v) is 15.5. The summed E-state index contributed by atoms with van der Waals surface area (Å²) in [6, 6.07) is 17.9. The summed E-state index contributed by atoms with van der Waals surface area (Å²) in [6.45, 7) is 4.86.